The van der Waals surface area contributed by atoms with E-state index in [1.54, 1.807) is 0 Å². The standard InChI is InChI=1S/C12H22N2O/c1-12(2,3)11(15)13-7-8-6-9-4-5-10(8)14-9/h8-10,14H,4-7H2,1-3H3,(H,13,15). The van der Waals surface area contributed by atoms with Gasteiger partial charge in [-0.25, -0.2) is 0 Å². The zero-order valence-electron chi connectivity index (χ0n) is 9.97. The molecule has 2 bridgehead atoms. The average Bonchev–Trinajstić information content (AvgIpc) is 2.73. The Balaban J connectivity index is 1.77. The Labute approximate surface area is 92.0 Å². The second-order valence-electron chi connectivity index (χ2n) is 6.00. The molecule has 0 aromatic carbocycles. The summed E-state index contributed by atoms with van der Waals surface area (Å²) in [5, 5.41) is 6.66. The second-order valence-corrected chi connectivity index (χ2v) is 6.00. The lowest BCUT2D eigenvalue weighted by molar-refractivity contribution is -0.128. The monoisotopic (exact) mass is 210 g/mol. The molecule has 86 valence electrons. The van der Waals surface area contributed by atoms with Crippen LogP contribution in [-0.2, 0) is 4.79 Å². The molecule has 0 aromatic heterocycles. The van der Waals surface area contributed by atoms with Crippen LogP contribution in [0.3, 0.4) is 0 Å². The number of rotatable bonds is 2. The van der Waals surface area contributed by atoms with Gasteiger partial charge in [0.25, 0.3) is 0 Å². The third kappa shape index (κ3) is 2.33. The molecular weight excluding hydrogens is 188 g/mol. The minimum atomic E-state index is -0.259. The maximum absolute atomic E-state index is 11.7. The molecule has 15 heavy (non-hydrogen) atoms. The molecule has 0 spiro atoms. The lowest BCUT2D eigenvalue weighted by Gasteiger charge is -2.23. The van der Waals surface area contributed by atoms with Gasteiger partial charge in [0.15, 0.2) is 0 Å². The van der Waals surface area contributed by atoms with Gasteiger partial charge in [-0.3, -0.25) is 4.79 Å². The van der Waals surface area contributed by atoms with Crippen LogP contribution in [0, 0.1) is 11.3 Å². The van der Waals surface area contributed by atoms with Crippen LogP contribution in [-0.4, -0.2) is 24.5 Å². The van der Waals surface area contributed by atoms with Crippen LogP contribution in [0.25, 0.3) is 0 Å². The predicted molar refractivity (Wildman–Crippen MR) is 60.5 cm³/mol. The van der Waals surface area contributed by atoms with Crippen molar-refractivity contribution < 1.29 is 4.79 Å². The van der Waals surface area contributed by atoms with Crippen molar-refractivity contribution in [1.29, 1.82) is 0 Å². The first-order valence-electron chi connectivity index (χ1n) is 6.01. The van der Waals surface area contributed by atoms with Crippen molar-refractivity contribution in [1.82, 2.24) is 10.6 Å². The Morgan fingerprint density at radius 1 is 1.40 bits per heavy atom. The Morgan fingerprint density at radius 3 is 2.60 bits per heavy atom. The molecule has 0 saturated carbocycles. The van der Waals surface area contributed by atoms with E-state index in [2.05, 4.69) is 10.6 Å². The smallest absolute Gasteiger partial charge is 0.225 e. The maximum Gasteiger partial charge on any atom is 0.225 e. The van der Waals surface area contributed by atoms with Gasteiger partial charge in [0.05, 0.1) is 0 Å². The van der Waals surface area contributed by atoms with Gasteiger partial charge in [0.2, 0.25) is 5.91 Å². The molecule has 2 aliphatic rings. The molecule has 0 aromatic rings. The molecule has 2 fully saturated rings. The van der Waals surface area contributed by atoms with Crippen LogP contribution >= 0.6 is 0 Å². The third-order valence-corrected chi connectivity index (χ3v) is 3.64. The highest BCUT2D eigenvalue weighted by atomic mass is 16.2. The molecule has 0 aliphatic carbocycles. The fourth-order valence-electron chi connectivity index (χ4n) is 2.65. The van der Waals surface area contributed by atoms with E-state index < -0.39 is 0 Å². The van der Waals surface area contributed by atoms with E-state index in [0.717, 1.165) is 12.6 Å². The minimum absolute atomic E-state index is 0.172. The first-order chi connectivity index (χ1) is 6.97. The van der Waals surface area contributed by atoms with Gasteiger partial charge in [-0.1, -0.05) is 20.8 Å². The van der Waals surface area contributed by atoms with E-state index in [1.807, 2.05) is 20.8 Å². The Bertz CT molecular complexity index is 257. The lowest BCUT2D eigenvalue weighted by atomic mass is 9.88. The van der Waals surface area contributed by atoms with E-state index in [-0.39, 0.29) is 11.3 Å². The highest BCUT2D eigenvalue weighted by molar-refractivity contribution is 5.81. The summed E-state index contributed by atoms with van der Waals surface area (Å²) in [4.78, 5) is 11.7. The van der Waals surface area contributed by atoms with E-state index in [0.29, 0.717) is 12.0 Å². The van der Waals surface area contributed by atoms with Gasteiger partial charge in [0, 0.05) is 24.0 Å². The van der Waals surface area contributed by atoms with Gasteiger partial charge < -0.3 is 10.6 Å². The number of hydrogen-bond donors (Lipinski definition) is 2. The zero-order chi connectivity index (χ0) is 11.1. The second kappa shape index (κ2) is 3.78. The molecular formula is C12H22N2O. The molecule has 2 N–H and O–H groups in total. The molecule has 3 unspecified atom stereocenters. The topological polar surface area (TPSA) is 41.1 Å². The third-order valence-electron chi connectivity index (χ3n) is 3.64. The van der Waals surface area contributed by atoms with Crippen LogP contribution in [0.1, 0.15) is 40.0 Å². The average molecular weight is 210 g/mol. The molecule has 1 amide bonds. The Kier molecular flexibility index (Phi) is 2.75. The minimum Gasteiger partial charge on any atom is -0.355 e. The number of carbonyl (C=O) groups is 1. The van der Waals surface area contributed by atoms with Crippen LogP contribution in [0.5, 0.6) is 0 Å². The fourth-order valence-corrected chi connectivity index (χ4v) is 2.65. The molecule has 0 radical (unpaired) electrons. The summed E-state index contributed by atoms with van der Waals surface area (Å²) in [5.41, 5.74) is -0.259. The van der Waals surface area contributed by atoms with Crippen molar-refractivity contribution >= 4 is 5.91 Å². The molecule has 3 heteroatoms. The van der Waals surface area contributed by atoms with Crippen molar-refractivity contribution in [3.05, 3.63) is 0 Å². The SMILES string of the molecule is CC(C)(C)C(=O)NCC1CC2CCC1N2. The van der Waals surface area contributed by atoms with Gasteiger partial charge >= 0.3 is 0 Å². The first kappa shape index (κ1) is 10.9. The number of carbonyl (C=O) groups excluding carboxylic acids is 1. The van der Waals surface area contributed by atoms with Crippen molar-refractivity contribution in [2.75, 3.05) is 6.54 Å². The number of fused-ring (bicyclic) bond motifs is 2. The maximum atomic E-state index is 11.7. The summed E-state index contributed by atoms with van der Waals surface area (Å²) in [7, 11) is 0. The number of hydrogen-bond acceptors (Lipinski definition) is 2. The number of nitrogens with one attached hydrogen (secondary N) is 2. The van der Waals surface area contributed by atoms with Gasteiger partial charge in [-0.15, -0.1) is 0 Å². The summed E-state index contributed by atoms with van der Waals surface area (Å²) < 4.78 is 0. The molecule has 2 rings (SSSR count). The summed E-state index contributed by atoms with van der Waals surface area (Å²) in [6, 6.07) is 1.39. The van der Waals surface area contributed by atoms with Gasteiger partial charge in [-0.2, -0.15) is 0 Å². The summed E-state index contributed by atoms with van der Waals surface area (Å²) in [5.74, 6) is 0.834. The van der Waals surface area contributed by atoms with Gasteiger partial charge in [-0.05, 0) is 25.2 Å². The van der Waals surface area contributed by atoms with Crippen molar-refractivity contribution in [2.24, 2.45) is 11.3 Å². The molecule has 2 saturated heterocycles. The largest absolute Gasteiger partial charge is 0.355 e. The van der Waals surface area contributed by atoms with E-state index in [4.69, 9.17) is 0 Å². The quantitative estimate of drug-likeness (QED) is 0.721. The van der Waals surface area contributed by atoms with Crippen LogP contribution in [0.2, 0.25) is 0 Å². The predicted octanol–water partition coefficient (Wildman–Crippen LogP) is 1.29. The summed E-state index contributed by atoms with van der Waals surface area (Å²) in [6.45, 7) is 6.73. The zero-order valence-corrected chi connectivity index (χ0v) is 9.97. The summed E-state index contributed by atoms with van der Waals surface area (Å²) in [6.07, 6.45) is 3.87. The number of amides is 1. The van der Waals surface area contributed by atoms with E-state index in [9.17, 15) is 4.79 Å². The lowest BCUT2D eigenvalue weighted by Crippen LogP contribution is -2.40. The van der Waals surface area contributed by atoms with Crippen LogP contribution in [0.15, 0.2) is 0 Å². The van der Waals surface area contributed by atoms with E-state index in [1.165, 1.54) is 19.3 Å². The highest BCUT2D eigenvalue weighted by Gasteiger charge is 2.39. The van der Waals surface area contributed by atoms with Gasteiger partial charge in [0.1, 0.15) is 0 Å². The van der Waals surface area contributed by atoms with Crippen molar-refractivity contribution in [2.45, 2.75) is 52.1 Å². The first-order valence-corrected chi connectivity index (χ1v) is 6.01. The molecule has 2 heterocycles. The molecule has 2 aliphatic heterocycles. The molecule has 3 nitrogen and oxygen atoms in total. The fraction of sp³-hybridized carbons (Fsp3) is 0.917. The summed E-state index contributed by atoms with van der Waals surface area (Å²) >= 11 is 0. The normalized spacial score (nSPS) is 34.5. The van der Waals surface area contributed by atoms with Crippen molar-refractivity contribution in [3.8, 4) is 0 Å². The van der Waals surface area contributed by atoms with Crippen LogP contribution < -0.4 is 10.6 Å². The molecule has 3 atom stereocenters. The highest BCUT2D eigenvalue weighted by Crippen LogP contribution is 2.32. The van der Waals surface area contributed by atoms with Crippen molar-refractivity contribution in [3.63, 3.8) is 0 Å². The Morgan fingerprint density at radius 2 is 2.13 bits per heavy atom. The Hall–Kier alpha value is -0.570. The van der Waals surface area contributed by atoms with Crippen LogP contribution in [0.4, 0.5) is 0 Å². The van der Waals surface area contributed by atoms with E-state index >= 15 is 0 Å².